The van der Waals surface area contributed by atoms with Gasteiger partial charge in [0, 0.05) is 11.1 Å². The fourth-order valence-electron chi connectivity index (χ4n) is 1.29. The first-order valence-corrected chi connectivity index (χ1v) is 5.83. The van der Waals surface area contributed by atoms with Crippen LogP contribution >= 0.6 is 11.6 Å². The predicted molar refractivity (Wildman–Crippen MR) is 68.4 cm³/mol. The molecular formula is C12H11ClN2O4. The fourth-order valence-corrected chi connectivity index (χ4v) is 1.46. The topological polar surface area (TPSA) is 87.6 Å². The lowest BCUT2D eigenvalue weighted by molar-refractivity contribution is 0.0519. The zero-order valence-electron chi connectivity index (χ0n) is 10.1. The van der Waals surface area contributed by atoms with Gasteiger partial charge < -0.3 is 19.6 Å². The molecule has 19 heavy (non-hydrogen) atoms. The third-order valence-electron chi connectivity index (χ3n) is 2.14. The van der Waals surface area contributed by atoms with Crippen molar-refractivity contribution in [2.75, 3.05) is 12.3 Å². The highest BCUT2D eigenvalue weighted by Gasteiger charge is 2.15. The number of ether oxygens (including phenoxy) is 2. The van der Waals surface area contributed by atoms with Crippen LogP contribution in [0.3, 0.4) is 0 Å². The number of nitrogens with zero attached hydrogens (tertiary/aromatic N) is 1. The molecule has 1 aromatic carbocycles. The van der Waals surface area contributed by atoms with Gasteiger partial charge in [0.25, 0.3) is 0 Å². The molecule has 2 rings (SSSR count). The summed E-state index contributed by atoms with van der Waals surface area (Å²) in [6, 6.07) is 4.74. The summed E-state index contributed by atoms with van der Waals surface area (Å²) in [7, 11) is 0. The van der Waals surface area contributed by atoms with E-state index in [4.69, 9.17) is 31.2 Å². The second kappa shape index (κ2) is 5.62. The van der Waals surface area contributed by atoms with E-state index in [1.54, 1.807) is 19.1 Å². The summed E-state index contributed by atoms with van der Waals surface area (Å²) in [5, 5.41) is 0.460. The molecule has 2 N–H and O–H groups in total. The number of benzene rings is 1. The second-order valence-corrected chi connectivity index (χ2v) is 3.94. The molecule has 2 aromatic rings. The van der Waals surface area contributed by atoms with E-state index in [0.29, 0.717) is 16.5 Å². The van der Waals surface area contributed by atoms with E-state index < -0.39 is 5.97 Å². The van der Waals surface area contributed by atoms with Crippen LogP contribution in [0.4, 0.5) is 5.69 Å². The molecule has 0 fully saturated rings. The smallest absolute Gasteiger partial charge is 0.399 e. The zero-order chi connectivity index (χ0) is 13.8. The molecule has 0 saturated carbocycles. The molecule has 0 aliphatic carbocycles. The Morgan fingerprint density at radius 3 is 3.05 bits per heavy atom. The Morgan fingerprint density at radius 2 is 2.32 bits per heavy atom. The number of anilines is 1. The lowest BCUT2D eigenvalue weighted by Gasteiger charge is -2.04. The van der Waals surface area contributed by atoms with Crippen molar-refractivity contribution in [3.05, 3.63) is 35.2 Å². The molecule has 0 radical (unpaired) electrons. The Hall–Kier alpha value is -2.21. The van der Waals surface area contributed by atoms with Gasteiger partial charge in [-0.15, -0.1) is 0 Å². The highest BCUT2D eigenvalue weighted by atomic mass is 35.5. The molecule has 1 aromatic heterocycles. The standard InChI is InChI=1S/C12H11ClN2O4/c1-2-17-11(16)9-6-18-12(15-9)19-10-5-7(13)3-4-8(10)14/h3-6H,2,14H2,1H3. The Morgan fingerprint density at radius 1 is 1.53 bits per heavy atom. The highest BCUT2D eigenvalue weighted by Crippen LogP contribution is 2.29. The van der Waals surface area contributed by atoms with Gasteiger partial charge >= 0.3 is 12.0 Å². The van der Waals surface area contributed by atoms with Gasteiger partial charge in [-0.25, -0.2) is 4.79 Å². The van der Waals surface area contributed by atoms with Crippen LogP contribution in [0.25, 0.3) is 0 Å². The summed E-state index contributed by atoms with van der Waals surface area (Å²) in [5.41, 5.74) is 6.11. The van der Waals surface area contributed by atoms with Crippen molar-refractivity contribution in [3.63, 3.8) is 0 Å². The first-order chi connectivity index (χ1) is 9.10. The van der Waals surface area contributed by atoms with Gasteiger partial charge in [-0.3, -0.25) is 0 Å². The van der Waals surface area contributed by atoms with Gasteiger partial charge in [0.2, 0.25) is 0 Å². The number of esters is 1. The number of halogens is 1. The molecule has 0 unspecified atom stereocenters. The number of nitrogen functional groups attached to an aromatic ring is 1. The van der Waals surface area contributed by atoms with Crippen LogP contribution in [-0.4, -0.2) is 17.6 Å². The average molecular weight is 283 g/mol. The van der Waals surface area contributed by atoms with Gasteiger partial charge in [0.15, 0.2) is 11.4 Å². The summed E-state index contributed by atoms with van der Waals surface area (Å²) in [6.07, 6.45) is 1.03. The van der Waals surface area contributed by atoms with Crippen molar-refractivity contribution in [2.45, 2.75) is 6.92 Å². The van der Waals surface area contributed by atoms with Crippen molar-refractivity contribution in [1.82, 2.24) is 4.98 Å². The normalized spacial score (nSPS) is 10.2. The molecule has 6 nitrogen and oxygen atoms in total. The van der Waals surface area contributed by atoms with E-state index in [9.17, 15) is 4.79 Å². The number of carbonyl (C=O) groups is 1. The number of oxazole rings is 1. The quantitative estimate of drug-likeness (QED) is 0.685. The van der Waals surface area contributed by atoms with E-state index in [1.807, 2.05) is 0 Å². The van der Waals surface area contributed by atoms with E-state index in [0.717, 1.165) is 6.26 Å². The third kappa shape index (κ3) is 3.17. The molecule has 0 amide bonds. The number of rotatable bonds is 4. The fraction of sp³-hybridized carbons (Fsp3) is 0.167. The first kappa shape index (κ1) is 13.2. The van der Waals surface area contributed by atoms with Gasteiger partial charge in [-0.05, 0) is 19.1 Å². The van der Waals surface area contributed by atoms with Gasteiger partial charge in [-0.1, -0.05) is 11.6 Å². The van der Waals surface area contributed by atoms with E-state index in [2.05, 4.69) is 4.98 Å². The van der Waals surface area contributed by atoms with Crippen molar-refractivity contribution >= 4 is 23.3 Å². The number of carbonyl (C=O) groups excluding carboxylic acids is 1. The van der Waals surface area contributed by atoms with E-state index in [1.165, 1.54) is 6.07 Å². The average Bonchev–Trinajstić information content (AvgIpc) is 2.83. The minimum Gasteiger partial charge on any atom is -0.461 e. The van der Waals surface area contributed by atoms with Crippen LogP contribution in [0, 0.1) is 0 Å². The van der Waals surface area contributed by atoms with Crippen molar-refractivity contribution in [1.29, 1.82) is 0 Å². The van der Waals surface area contributed by atoms with Crippen molar-refractivity contribution < 1.29 is 18.7 Å². The SMILES string of the molecule is CCOC(=O)c1coc(Oc2cc(Cl)ccc2N)n1. The van der Waals surface area contributed by atoms with Crippen LogP contribution in [0.5, 0.6) is 11.8 Å². The van der Waals surface area contributed by atoms with Crippen molar-refractivity contribution in [2.24, 2.45) is 0 Å². The highest BCUT2D eigenvalue weighted by molar-refractivity contribution is 6.30. The lowest BCUT2D eigenvalue weighted by atomic mass is 10.3. The summed E-state index contributed by atoms with van der Waals surface area (Å²) in [4.78, 5) is 15.2. The lowest BCUT2D eigenvalue weighted by Crippen LogP contribution is -2.04. The Bertz CT molecular complexity index is 597. The summed E-state index contributed by atoms with van der Waals surface area (Å²) >= 11 is 5.82. The first-order valence-electron chi connectivity index (χ1n) is 5.45. The largest absolute Gasteiger partial charge is 0.461 e. The molecule has 0 spiro atoms. The van der Waals surface area contributed by atoms with E-state index >= 15 is 0 Å². The van der Waals surface area contributed by atoms with Crippen LogP contribution in [0.1, 0.15) is 17.4 Å². The Balaban J connectivity index is 2.15. The monoisotopic (exact) mass is 282 g/mol. The maximum absolute atomic E-state index is 11.4. The molecule has 0 aliphatic heterocycles. The summed E-state index contributed by atoms with van der Waals surface area (Å²) in [5.74, 6) is -0.287. The maximum Gasteiger partial charge on any atom is 0.399 e. The Labute approximate surface area is 114 Å². The minimum absolute atomic E-state index is 0.0254. The number of hydrogen-bond acceptors (Lipinski definition) is 6. The van der Waals surface area contributed by atoms with Crippen LogP contribution < -0.4 is 10.5 Å². The van der Waals surface area contributed by atoms with Gasteiger partial charge in [0.05, 0.1) is 12.3 Å². The molecular weight excluding hydrogens is 272 g/mol. The zero-order valence-corrected chi connectivity index (χ0v) is 10.8. The van der Waals surface area contributed by atoms with Crippen LogP contribution in [0.15, 0.2) is 28.9 Å². The molecule has 1 heterocycles. The molecule has 0 aliphatic rings. The van der Waals surface area contributed by atoms with Gasteiger partial charge in [0.1, 0.15) is 6.26 Å². The summed E-state index contributed by atoms with van der Waals surface area (Å²) < 4.78 is 15.1. The minimum atomic E-state index is -0.583. The summed E-state index contributed by atoms with van der Waals surface area (Å²) in [6.45, 7) is 1.95. The van der Waals surface area contributed by atoms with Gasteiger partial charge in [-0.2, -0.15) is 4.98 Å². The second-order valence-electron chi connectivity index (χ2n) is 3.50. The maximum atomic E-state index is 11.4. The molecule has 0 atom stereocenters. The number of aromatic nitrogens is 1. The van der Waals surface area contributed by atoms with Crippen molar-refractivity contribution in [3.8, 4) is 11.8 Å². The molecule has 100 valence electrons. The molecule has 0 saturated heterocycles. The van der Waals surface area contributed by atoms with Crippen LogP contribution in [0.2, 0.25) is 5.02 Å². The Kier molecular flexibility index (Phi) is 3.91. The van der Waals surface area contributed by atoms with Crippen LogP contribution in [-0.2, 0) is 4.74 Å². The number of hydrogen-bond donors (Lipinski definition) is 1. The third-order valence-corrected chi connectivity index (χ3v) is 2.38. The molecule has 0 bridgehead atoms. The van der Waals surface area contributed by atoms with E-state index in [-0.39, 0.29) is 18.4 Å². The molecule has 7 heteroatoms. The predicted octanol–water partition coefficient (Wildman–Crippen LogP) is 2.88. The number of nitrogens with two attached hydrogens (primary N) is 1.